The van der Waals surface area contributed by atoms with Crippen LogP contribution in [0.2, 0.25) is 0 Å². The summed E-state index contributed by atoms with van der Waals surface area (Å²) in [4.78, 5) is 26.9. The van der Waals surface area contributed by atoms with Crippen LogP contribution >= 0.6 is 0 Å². The number of carbonyl (C=O) groups excluding carboxylic acids is 1. The Morgan fingerprint density at radius 3 is 2.76 bits per heavy atom. The molecule has 1 heterocycles. The molecule has 0 aliphatic rings. The predicted molar refractivity (Wildman–Crippen MR) is 91.0 cm³/mol. The van der Waals surface area contributed by atoms with Crippen molar-refractivity contribution in [2.75, 3.05) is 12.4 Å². The second-order valence-electron chi connectivity index (χ2n) is 5.15. The summed E-state index contributed by atoms with van der Waals surface area (Å²) in [6.07, 6.45) is 0. The number of ether oxygens (including phenoxy) is 1. The molecule has 126 valence electrons. The number of amides is 1. The lowest BCUT2D eigenvalue weighted by atomic mass is 10.1. The van der Waals surface area contributed by atoms with Crippen LogP contribution in [0.5, 0.6) is 11.6 Å². The maximum absolute atomic E-state index is 12.4. The number of nitrogens with zero attached hydrogens (tertiary/aromatic N) is 2. The molecule has 8 nitrogen and oxygen atoms in total. The van der Waals surface area contributed by atoms with E-state index in [-0.39, 0.29) is 5.56 Å². The van der Waals surface area contributed by atoms with Crippen LogP contribution in [0.3, 0.4) is 0 Å². The third-order valence-corrected chi connectivity index (χ3v) is 3.57. The molecule has 0 atom stereocenters. The van der Waals surface area contributed by atoms with Gasteiger partial charge in [0.05, 0.1) is 17.5 Å². The molecule has 3 aromatic rings. The first-order valence-electron chi connectivity index (χ1n) is 7.22. The van der Waals surface area contributed by atoms with E-state index in [1.165, 1.54) is 19.2 Å². The normalized spacial score (nSPS) is 10.4. The minimum atomic E-state index is -0.791. The number of aromatic nitrogens is 1. The summed E-state index contributed by atoms with van der Waals surface area (Å²) in [5.74, 6) is -0.782. The Morgan fingerprint density at radius 2 is 2.04 bits per heavy atom. The number of para-hydroxylation sites is 1. The van der Waals surface area contributed by atoms with Gasteiger partial charge in [0.2, 0.25) is 5.88 Å². The van der Waals surface area contributed by atoms with Crippen LogP contribution in [0.1, 0.15) is 10.4 Å². The number of anilines is 1. The zero-order valence-corrected chi connectivity index (χ0v) is 13.1. The lowest BCUT2D eigenvalue weighted by Crippen LogP contribution is -2.14. The highest BCUT2D eigenvalue weighted by Crippen LogP contribution is 2.30. The number of benzene rings is 2. The molecule has 2 N–H and O–H groups in total. The maximum Gasteiger partial charge on any atom is 0.323 e. The average Bonchev–Trinajstić information content (AvgIpc) is 2.60. The second kappa shape index (κ2) is 6.44. The minimum Gasteiger partial charge on any atom is -0.502 e. The first-order valence-corrected chi connectivity index (χ1v) is 7.22. The van der Waals surface area contributed by atoms with Crippen LogP contribution in [-0.2, 0) is 0 Å². The van der Waals surface area contributed by atoms with Crippen LogP contribution in [0.25, 0.3) is 10.9 Å². The molecule has 0 saturated heterocycles. The van der Waals surface area contributed by atoms with E-state index in [2.05, 4.69) is 10.3 Å². The van der Waals surface area contributed by atoms with Crippen molar-refractivity contribution < 1.29 is 19.6 Å². The van der Waals surface area contributed by atoms with Crippen molar-refractivity contribution in [2.24, 2.45) is 0 Å². The number of fused-ring (bicyclic) bond motifs is 1. The summed E-state index contributed by atoms with van der Waals surface area (Å²) in [6, 6.07) is 12.3. The Balaban J connectivity index is 1.92. The SMILES string of the molecule is COc1ccc2cc(NC(=O)c3cccc(O)c3[N+](=O)[O-])ccc2n1. The van der Waals surface area contributed by atoms with Gasteiger partial charge in [0.1, 0.15) is 5.56 Å². The molecule has 25 heavy (non-hydrogen) atoms. The summed E-state index contributed by atoms with van der Waals surface area (Å²) < 4.78 is 5.05. The topological polar surface area (TPSA) is 115 Å². The Kier molecular flexibility index (Phi) is 4.17. The molecule has 0 aliphatic carbocycles. The number of carbonyl (C=O) groups is 1. The number of hydrogen-bond donors (Lipinski definition) is 2. The van der Waals surface area contributed by atoms with Crippen molar-refractivity contribution in [3.63, 3.8) is 0 Å². The van der Waals surface area contributed by atoms with Gasteiger partial charge in [-0.2, -0.15) is 0 Å². The smallest absolute Gasteiger partial charge is 0.323 e. The number of nitrogens with one attached hydrogen (secondary N) is 1. The molecule has 1 amide bonds. The second-order valence-corrected chi connectivity index (χ2v) is 5.15. The standard InChI is InChI=1S/C17H13N3O5/c1-25-15-8-5-10-9-11(6-7-13(10)19-15)18-17(22)12-3-2-4-14(21)16(12)20(23)24/h2-9,21H,1H3,(H,18,22). The number of pyridine rings is 1. The summed E-state index contributed by atoms with van der Waals surface area (Å²) in [6.45, 7) is 0. The highest BCUT2D eigenvalue weighted by atomic mass is 16.6. The van der Waals surface area contributed by atoms with E-state index < -0.39 is 22.3 Å². The van der Waals surface area contributed by atoms with Gasteiger partial charge >= 0.3 is 5.69 Å². The number of aromatic hydroxyl groups is 1. The number of phenolic OH excluding ortho intramolecular Hbond substituents is 1. The number of phenols is 1. The van der Waals surface area contributed by atoms with E-state index in [1.54, 1.807) is 30.3 Å². The Morgan fingerprint density at radius 1 is 1.24 bits per heavy atom. The van der Waals surface area contributed by atoms with Gasteiger partial charge in [-0.25, -0.2) is 4.98 Å². The maximum atomic E-state index is 12.4. The molecule has 0 bridgehead atoms. The molecule has 0 saturated carbocycles. The van der Waals surface area contributed by atoms with Crippen LogP contribution in [0.4, 0.5) is 11.4 Å². The zero-order chi connectivity index (χ0) is 18.0. The quantitative estimate of drug-likeness (QED) is 0.557. The van der Waals surface area contributed by atoms with Crippen LogP contribution in [-0.4, -0.2) is 28.0 Å². The van der Waals surface area contributed by atoms with Gasteiger partial charge in [0.15, 0.2) is 5.75 Å². The zero-order valence-electron chi connectivity index (χ0n) is 13.1. The monoisotopic (exact) mass is 339 g/mol. The third kappa shape index (κ3) is 3.18. The van der Waals surface area contributed by atoms with Crippen molar-refractivity contribution in [1.82, 2.24) is 4.98 Å². The van der Waals surface area contributed by atoms with Crippen LogP contribution in [0.15, 0.2) is 48.5 Å². The molecule has 0 aliphatic heterocycles. The minimum absolute atomic E-state index is 0.224. The first kappa shape index (κ1) is 16.2. The Labute approximate surface area is 141 Å². The average molecular weight is 339 g/mol. The molecular weight excluding hydrogens is 326 g/mol. The van der Waals surface area contributed by atoms with Crippen molar-refractivity contribution in [1.29, 1.82) is 0 Å². The number of rotatable bonds is 4. The van der Waals surface area contributed by atoms with Gasteiger partial charge in [-0.05, 0) is 36.4 Å². The summed E-state index contributed by atoms with van der Waals surface area (Å²) in [5, 5.41) is 24.1. The van der Waals surface area contributed by atoms with Crippen LogP contribution in [0, 0.1) is 10.1 Å². The molecule has 0 spiro atoms. The fourth-order valence-corrected chi connectivity index (χ4v) is 2.40. The Bertz CT molecular complexity index is 987. The van der Waals surface area contributed by atoms with Crippen LogP contribution < -0.4 is 10.1 Å². The Hall–Kier alpha value is -3.68. The number of nitro benzene ring substituents is 1. The largest absolute Gasteiger partial charge is 0.502 e. The van der Waals surface area contributed by atoms with E-state index in [4.69, 9.17) is 4.74 Å². The molecular formula is C17H13N3O5. The van der Waals surface area contributed by atoms with E-state index in [0.717, 1.165) is 11.5 Å². The van der Waals surface area contributed by atoms with E-state index in [9.17, 15) is 20.0 Å². The fourth-order valence-electron chi connectivity index (χ4n) is 2.40. The third-order valence-electron chi connectivity index (χ3n) is 3.57. The molecule has 2 aromatic carbocycles. The summed E-state index contributed by atoms with van der Waals surface area (Å²) in [5.41, 5.74) is 0.271. The van der Waals surface area contributed by atoms with Crippen molar-refractivity contribution >= 4 is 28.2 Å². The van der Waals surface area contributed by atoms with Gasteiger partial charge in [-0.1, -0.05) is 6.07 Å². The molecule has 3 rings (SSSR count). The van der Waals surface area contributed by atoms with Gasteiger partial charge < -0.3 is 15.2 Å². The number of nitro groups is 1. The van der Waals surface area contributed by atoms with E-state index in [0.29, 0.717) is 17.1 Å². The van der Waals surface area contributed by atoms with E-state index in [1.807, 2.05) is 0 Å². The van der Waals surface area contributed by atoms with Crippen molar-refractivity contribution in [2.45, 2.75) is 0 Å². The lowest BCUT2D eigenvalue weighted by Gasteiger charge is -2.08. The summed E-state index contributed by atoms with van der Waals surface area (Å²) >= 11 is 0. The van der Waals surface area contributed by atoms with E-state index >= 15 is 0 Å². The van der Waals surface area contributed by atoms with Gasteiger partial charge in [0, 0.05) is 17.1 Å². The molecule has 0 unspecified atom stereocenters. The molecule has 0 fully saturated rings. The van der Waals surface area contributed by atoms with Gasteiger partial charge in [-0.3, -0.25) is 14.9 Å². The summed E-state index contributed by atoms with van der Waals surface area (Å²) in [7, 11) is 1.52. The molecule has 1 aromatic heterocycles. The number of methoxy groups -OCH3 is 1. The van der Waals surface area contributed by atoms with Crippen molar-refractivity contribution in [3.05, 3.63) is 64.2 Å². The van der Waals surface area contributed by atoms with Gasteiger partial charge in [-0.15, -0.1) is 0 Å². The predicted octanol–water partition coefficient (Wildman–Crippen LogP) is 3.11. The van der Waals surface area contributed by atoms with Crippen molar-refractivity contribution in [3.8, 4) is 11.6 Å². The highest BCUT2D eigenvalue weighted by Gasteiger charge is 2.24. The lowest BCUT2D eigenvalue weighted by molar-refractivity contribution is -0.386. The van der Waals surface area contributed by atoms with Gasteiger partial charge in [0.25, 0.3) is 5.91 Å². The number of hydrogen-bond acceptors (Lipinski definition) is 6. The molecule has 0 radical (unpaired) electrons. The highest BCUT2D eigenvalue weighted by molar-refractivity contribution is 6.08. The fraction of sp³-hybridized carbons (Fsp3) is 0.0588. The first-order chi connectivity index (χ1) is 12.0. The molecule has 8 heteroatoms.